The van der Waals surface area contributed by atoms with Gasteiger partial charge >= 0.3 is 5.97 Å². The molecule has 142 valence electrons. The number of rotatable bonds is 3. The molecule has 1 aliphatic rings. The Morgan fingerprint density at radius 1 is 1.31 bits per heavy atom. The van der Waals surface area contributed by atoms with Crippen molar-refractivity contribution in [2.24, 2.45) is 11.8 Å². The van der Waals surface area contributed by atoms with Crippen LogP contribution in [0, 0.1) is 23.7 Å². The Hall–Kier alpha value is -1.54. The molecule has 2 rings (SSSR count). The molecule has 1 aromatic carbocycles. The van der Waals surface area contributed by atoms with Gasteiger partial charge in [-0.3, -0.25) is 4.79 Å². The summed E-state index contributed by atoms with van der Waals surface area (Å²) in [5, 5.41) is 4.06. The van der Waals surface area contributed by atoms with Crippen molar-refractivity contribution in [3.63, 3.8) is 0 Å². The SMILES string of the molecule is COC(C#CC1CNC(C)(C)[C@H]1C(=O)OC(C)(C)C)c1ccc(Cl)cc1. The fraction of sp³-hybridized carbons (Fsp3) is 0.571. The number of nitrogens with one attached hydrogen (secondary N) is 1. The molecule has 1 saturated heterocycles. The topological polar surface area (TPSA) is 47.6 Å². The third kappa shape index (κ3) is 5.23. The molecule has 0 radical (unpaired) electrons. The van der Waals surface area contributed by atoms with E-state index in [9.17, 15) is 4.79 Å². The quantitative estimate of drug-likeness (QED) is 0.639. The lowest BCUT2D eigenvalue weighted by atomic mass is 9.82. The maximum atomic E-state index is 12.7. The molecule has 0 aromatic heterocycles. The first-order valence-corrected chi connectivity index (χ1v) is 9.18. The van der Waals surface area contributed by atoms with E-state index in [1.54, 1.807) is 7.11 Å². The van der Waals surface area contributed by atoms with Gasteiger partial charge in [-0.15, -0.1) is 0 Å². The van der Waals surface area contributed by atoms with Crippen LogP contribution < -0.4 is 5.32 Å². The molecule has 3 atom stereocenters. The number of carbonyl (C=O) groups excluding carboxylic acids is 1. The summed E-state index contributed by atoms with van der Waals surface area (Å²) in [7, 11) is 1.62. The van der Waals surface area contributed by atoms with Crippen LogP contribution in [0.15, 0.2) is 24.3 Å². The number of methoxy groups -OCH3 is 1. The van der Waals surface area contributed by atoms with Crippen molar-refractivity contribution in [2.75, 3.05) is 13.7 Å². The van der Waals surface area contributed by atoms with E-state index in [1.807, 2.05) is 58.9 Å². The number of hydrogen-bond donors (Lipinski definition) is 1. The minimum absolute atomic E-state index is 0.134. The summed E-state index contributed by atoms with van der Waals surface area (Å²) in [6, 6.07) is 7.42. The molecular formula is C21H28ClNO3. The van der Waals surface area contributed by atoms with E-state index in [1.165, 1.54) is 0 Å². The van der Waals surface area contributed by atoms with Gasteiger partial charge in [0.1, 0.15) is 11.7 Å². The van der Waals surface area contributed by atoms with Gasteiger partial charge in [0.05, 0.1) is 5.92 Å². The lowest BCUT2D eigenvalue weighted by molar-refractivity contribution is -0.162. The number of hydrogen-bond acceptors (Lipinski definition) is 4. The summed E-state index contributed by atoms with van der Waals surface area (Å²) in [5.41, 5.74) is 0.0415. The molecule has 2 unspecified atom stereocenters. The van der Waals surface area contributed by atoms with Crippen molar-refractivity contribution >= 4 is 17.6 Å². The average molecular weight is 378 g/mol. The minimum atomic E-state index is -0.522. The fourth-order valence-electron chi connectivity index (χ4n) is 3.16. The smallest absolute Gasteiger partial charge is 0.312 e. The molecule has 0 aliphatic carbocycles. The third-order valence-electron chi connectivity index (χ3n) is 4.43. The van der Waals surface area contributed by atoms with Crippen molar-refractivity contribution in [2.45, 2.75) is 51.9 Å². The van der Waals surface area contributed by atoms with Gasteiger partial charge in [-0.2, -0.15) is 0 Å². The summed E-state index contributed by atoms with van der Waals surface area (Å²) in [5.74, 6) is 5.73. The predicted octanol–water partition coefficient (Wildman–Crippen LogP) is 3.99. The average Bonchev–Trinajstić information content (AvgIpc) is 2.82. The largest absolute Gasteiger partial charge is 0.460 e. The molecular weight excluding hydrogens is 350 g/mol. The molecule has 4 nitrogen and oxygen atoms in total. The zero-order valence-electron chi connectivity index (χ0n) is 16.4. The van der Waals surface area contributed by atoms with E-state index >= 15 is 0 Å². The monoisotopic (exact) mass is 377 g/mol. The van der Waals surface area contributed by atoms with Gasteiger partial charge in [0.25, 0.3) is 0 Å². The third-order valence-corrected chi connectivity index (χ3v) is 4.68. The number of benzene rings is 1. The van der Waals surface area contributed by atoms with Crippen LogP contribution >= 0.6 is 11.6 Å². The summed E-state index contributed by atoms with van der Waals surface area (Å²) < 4.78 is 11.1. The van der Waals surface area contributed by atoms with Crippen molar-refractivity contribution in [1.29, 1.82) is 0 Å². The van der Waals surface area contributed by atoms with Gasteiger partial charge in [-0.05, 0) is 52.3 Å². The van der Waals surface area contributed by atoms with Crippen LogP contribution in [0.3, 0.4) is 0 Å². The molecule has 26 heavy (non-hydrogen) atoms. The Morgan fingerprint density at radius 2 is 1.92 bits per heavy atom. The highest BCUT2D eigenvalue weighted by Gasteiger charge is 2.47. The van der Waals surface area contributed by atoms with Crippen molar-refractivity contribution in [3.8, 4) is 11.8 Å². The van der Waals surface area contributed by atoms with Crippen LogP contribution in [0.5, 0.6) is 0 Å². The normalized spacial score (nSPS) is 23.0. The maximum absolute atomic E-state index is 12.7. The molecule has 1 aromatic rings. The Bertz CT molecular complexity index is 695. The summed E-state index contributed by atoms with van der Waals surface area (Å²) in [6.45, 7) is 10.3. The van der Waals surface area contributed by atoms with E-state index in [0.29, 0.717) is 11.6 Å². The highest BCUT2D eigenvalue weighted by molar-refractivity contribution is 6.30. The van der Waals surface area contributed by atoms with Gasteiger partial charge in [-0.1, -0.05) is 35.6 Å². The second-order valence-electron chi connectivity index (χ2n) is 8.18. The van der Waals surface area contributed by atoms with Crippen LogP contribution in [0.1, 0.15) is 46.3 Å². The van der Waals surface area contributed by atoms with Crippen LogP contribution in [-0.2, 0) is 14.3 Å². The maximum Gasteiger partial charge on any atom is 0.312 e. The molecule has 0 bridgehead atoms. The summed E-state index contributed by atoms with van der Waals surface area (Å²) in [4.78, 5) is 12.7. The lowest BCUT2D eigenvalue weighted by Gasteiger charge is -2.30. The molecule has 1 fully saturated rings. The standard InChI is InChI=1S/C21H28ClNO3/c1-20(2,3)26-19(24)18-15(13-23-21(18,4)5)9-12-17(25-6)14-7-10-16(22)11-8-14/h7-8,10-11,15,17-18,23H,13H2,1-6H3/t15?,17?,18-/m1/s1. The minimum Gasteiger partial charge on any atom is -0.460 e. The predicted molar refractivity (Wildman–Crippen MR) is 104 cm³/mol. The fourth-order valence-corrected chi connectivity index (χ4v) is 3.29. The van der Waals surface area contributed by atoms with Gasteiger partial charge in [0.15, 0.2) is 0 Å². The first-order chi connectivity index (χ1) is 12.0. The number of ether oxygens (including phenoxy) is 2. The van der Waals surface area contributed by atoms with E-state index in [4.69, 9.17) is 21.1 Å². The van der Waals surface area contributed by atoms with E-state index in [-0.39, 0.29) is 29.4 Å². The highest BCUT2D eigenvalue weighted by Crippen LogP contribution is 2.33. The molecule has 0 spiro atoms. The Morgan fingerprint density at radius 3 is 2.46 bits per heavy atom. The van der Waals surface area contributed by atoms with E-state index < -0.39 is 5.60 Å². The first kappa shape index (κ1) is 20.8. The highest BCUT2D eigenvalue weighted by atomic mass is 35.5. The molecule has 1 N–H and O–H groups in total. The van der Waals surface area contributed by atoms with Gasteiger partial charge in [0, 0.05) is 30.1 Å². The Balaban J connectivity index is 2.22. The number of esters is 1. The Labute approximate surface area is 161 Å². The second kappa shape index (κ2) is 8.00. The molecule has 0 amide bonds. The summed E-state index contributed by atoms with van der Waals surface area (Å²) >= 11 is 5.94. The Kier molecular flexibility index (Phi) is 6.39. The molecule has 5 heteroatoms. The van der Waals surface area contributed by atoms with E-state index in [0.717, 1.165) is 5.56 Å². The molecule has 1 aliphatic heterocycles. The van der Waals surface area contributed by atoms with Gasteiger partial charge in [-0.25, -0.2) is 0 Å². The van der Waals surface area contributed by atoms with Crippen molar-refractivity contribution in [3.05, 3.63) is 34.9 Å². The van der Waals surface area contributed by atoms with Crippen LogP contribution in [-0.4, -0.2) is 30.8 Å². The zero-order chi connectivity index (χ0) is 19.5. The second-order valence-corrected chi connectivity index (χ2v) is 8.61. The van der Waals surface area contributed by atoms with E-state index in [2.05, 4.69) is 17.2 Å². The zero-order valence-corrected chi connectivity index (χ0v) is 17.1. The number of carbonyl (C=O) groups is 1. The van der Waals surface area contributed by atoms with Crippen LogP contribution in [0.2, 0.25) is 5.02 Å². The van der Waals surface area contributed by atoms with Crippen LogP contribution in [0.25, 0.3) is 0 Å². The number of halogens is 1. The summed E-state index contributed by atoms with van der Waals surface area (Å²) in [6.07, 6.45) is -0.365. The van der Waals surface area contributed by atoms with Crippen molar-refractivity contribution in [1.82, 2.24) is 5.32 Å². The van der Waals surface area contributed by atoms with Crippen LogP contribution in [0.4, 0.5) is 0 Å². The first-order valence-electron chi connectivity index (χ1n) is 8.81. The molecule has 0 saturated carbocycles. The van der Waals surface area contributed by atoms with Gasteiger partial charge < -0.3 is 14.8 Å². The lowest BCUT2D eigenvalue weighted by Crippen LogP contribution is -2.44. The van der Waals surface area contributed by atoms with Crippen molar-refractivity contribution < 1.29 is 14.3 Å². The molecule has 1 heterocycles. The van der Waals surface area contributed by atoms with Gasteiger partial charge in [0.2, 0.25) is 0 Å².